The molecule has 0 radical (unpaired) electrons. The molecule has 12 heteroatoms. The molecule has 1 N–H and O–H groups in total. The first-order chi connectivity index (χ1) is 15.9. The fourth-order valence-electron chi connectivity index (χ4n) is 3.91. The van der Waals surface area contributed by atoms with Gasteiger partial charge < -0.3 is 14.6 Å². The molecule has 5 rings (SSSR count). The molecule has 0 spiro atoms. The van der Waals surface area contributed by atoms with Gasteiger partial charge in [-0.05, 0) is 24.3 Å². The van der Waals surface area contributed by atoms with Crippen LogP contribution in [0.25, 0.3) is 16.7 Å². The number of aryl methyl sites for hydroxylation is 2. The van der Waals surface area contributed by atoms with E-state index < -0.39 is 10.0 Å². The summed E-state index contributed by atoms with van der Waals surface area (Å²) in [6.07, 6.45) is 3.84. The summed E-state index contributed by atoms with van der Waals surface area (Å²) in [5, 5.41) is 7.01. The molecule has 1 aromatic carbocycles. The number of aromatic nitrogens is 5. The number of sulfonamides is 1. The molecule has 11 nitrogen and oxygen atoms in total. The van der Waals surface area contributed by atoms with Crippen molar-refractivity contribution >= 4 is 38.4 Å². The number of imidazole rings is 1. The Hall–Kier alpha value is -3.35. The zero-order chi connectivity index (χ0) is 23.0. The summed E-state index contributed by atoms with van der Waals surface area (Å²) in [6.45, 7) is 1.46. The molecule has 1 aliphatic rings. The number of rotatable bonds is 6. The second-order valence-electron chi connectivity index (χ2n) is 7.73. The second kappa shape index (κ2) is 8.54. The lowest BCUT2D eigenvalue weighted by Crippen LogP contribution is -2.40. The smallest absolute Gasteiger partial charge is 0.243 e. The third-order valence-corrected chi connectivity index (χ3v) is 7.58. The lowest BCUT2D eigenvalue weighted by molar-refractivity contribution is -0.116. The number of hydrogen-bond donors (Lipinski definition) is 1. The van der Waals surface area contributed by atoms with E-state index in [9.17, 15) is 13.2 Å². The molecule has 0 bridgehead atoms. The molecule has 4 heterocycles. The minimum atomic E-state index is -3.60. The van der Waals surface area contributed by atoms with Gasteiger partial charge in [0, 0.05) is 45.2 Å². The normalized spacial score (nSPS) is 15.3. The zero-order valence-electron chi connectivity index (χ0n) is 18.0. The number of fused-ring (bicyclic) bond motifs is 2. The summed E-state index contributed by atoms with van der Waals surface area (Å²) in [5.41, 5.74) is 2.03. The lowest BCUT2D eigenvalue weighted by atomic mass is 10.3. The molecule has 0 atom stereocenters. The van der Waals surface area contributed by atoms with Crippen LogP contribution in [0.3, 0.4) is 0 Å². The van der Waals surface area contributed by atoms with E-state index in [4.69, 9.17) is 4.74 Å². The highest BCUT2D eigenvalue weighted by atomic mass is 32.2. The van der Waals surface area contributed by atoms with Gasteiger partial charge in [0.1, 0.15) is 11.6 Å². The Morgan fingerprint density at radius 2 is 1.97 bits per heavy atom. The lowest BCUT2D eigenvalue weighted by Gasteiger charge is -2.26. The van der Waals surface area contributed by atoms with Gasteiger partial charge in [-0.15, -0.1) is 0 Å². The third-order valence-electron chi connectivity index (χ3n) is 5.69. The summed E-state index contributed by atoms with van der Waals surface area (Å²) in [5.74, 6) is 1.05. The molecule has 33 heavy (non-hydrogen) atoms. The van der Waals surface area contributed by atoms with Gasteiger partial charge in [0.05, 0.1) is 35.3 Å². The number of nitrogens with zero attached hydrogens (tertiary/aromatic N) is 6. The number of hydrogen-bond acceptors (Lipinski definition) is 7. The van der Waals surface area contributed by atoms with E-state index >= 15 is 0 Å². The Balaban J connectivity index is 1.32. The van der Waals surface area contributed by atoms with E-state index in [2.05, 4.69) is 20.4 Å². The highest BCUT2D eigenvalue weighted by molar-refractivity contribution is 7.89. The van der Waals surface area contributed by atoms with Crippen LogP contribution in [-0.2, 0) is 33.0 Å². The van der Waals surface area contributed by atoms with Gasteiger partial charge in [-0.1, -0.05) is 0 Å². The molecule has 0 aliphatic carbocycles. The minimum Gasteiger partial charge on any atom is -0.379 e. The Bertz CT molecular complexity index is 1440. The average Bonchev–Trinajstić information content (AvgIpc) is 3.43. The Labute approximate surface area is 190 Å². The van der Waals surface area contributed by atoms with E-state index in [0.717, 1.165) is 5.52 Å². The number of carbonyl (C=O) groups excluding carboxylic acids is 1. The Kier molecular flexibility index (Phi) is 5.56. The number of benzene rings is 1. The van der Waals surface area contributed by atoms with Gasteiger partial charge in [-0.3, -0.25) is 4.79 Å². The third kappa shape index (κ3) is 4.08. The zero-order valence-corrected chi connectivity index (χ0v) is 18.8. The van der Waals surface area contributed by atoms with Crippen molar-refractivity contribution < 1.29 is 17.9 Å². The number of morpholine rings is 1. The van der Waals surface area contributed by atoms with Crippen LogP contribution in [-0.4, -0.2) is 69.1 Å². The molecule has 0 unspecified atom stereocenters. The summed E-state index contributed by atoms with van der Waals surface area (Å²) >= 11 is 0. The number of amides is 1. The van der Waals surface area contributed by atoms with E-state index in [1.165, 1.54) is 4.31 Å². The van der Waals surface area contributed by atoms with Crippen LogP contribution in [0.2, 0.25) is 0 Å². The number of nitrogens with one attached hydrogen (secondary N) is 1. The molecule has 0 saturated carbocycles. The van der Waals surface area contributed by atoms with Crippen molar-refractivity contribution in [2.24, 2.45) is 7.05 Å². The summed E-state index contributed by atoms with van der Waals surface area (Å²) in [6, 6.07) is 8.38. The molecule has 3 aromatic heterocycles. The van der Waals surface area contributed by atoms with Crippen LogP contribution in [0, 0.1) is 0 Å². The molecule has 1 fully saturated rings. The minimum absolute atomic E-state index is 0.180. The number of carbonyl (C=O) groups is 1. The van der Waals surface area contributed by atoms with Gasteiger partial charge in [-0.25, -0.2) is 18.4 Å². The van der Waals surface area contributed by atoms with Crippen molar-refractivity contribution in [1.29, 1.82) is 0 Å². The van der Waals surface area contributed by atoms with Crippen molar-refractivity contribution in [1.82, 2.24) is 28.5 Å². The van der Waals surface area contributed by atoms with Gasteiger partial charge in [-0.2, -0.15) is 13.9 Å². The molecule has 1 saturated heterocycles. The van der Waals surface area contributed by atoms with Crippen molar-refractivity contribution in [2.75, 3.05) is 31.6 Å². The maximum absolute atomic E-state index is 13.0. The first kappa shape index (κ1) is 21.5. The molecule has 4 aromatic rings. The maximum Gasteiger partial charge on any atom is 0.243 e. The van der Waals surface area contributed by atoms with Gasteiger partial charge in [0.25, 0.3) is 0 Å². The van der Waals surface area contributed by atoms with E-state index in [-0.39, 0.29) is 17.2 Å². The van der Waals surface area contributed by atoms with Crippen LogP contribution in [0.15, 0.2) is 47.6 Å². The van der Waals surface area contributed by atoms with Crippen LogP contribution in [0.5, 0.6) is 0 Å². The number of anilines is 1. The van der Waals surface area contributed by atoms with Crippen molar-refractivity contribution in [3.63, 3.8) is 0 Å². The summed E-state index contributed by atoms with van der Waals surface area (Å²) in [7, 11) is -1.75. The van der Waals surface area contributed by atoms with Gasteiger partial charge in [0.15, 0.2) is 5.65 Å². The monoisotopic (exact) mass is 469 g/mol. The van der Waals surface area contributed by atoms with Crippen molar-refractivity contribution in [3.8, 4) is 0 Å². The Morgan fingerprint density at radius 3 is 2.79 bits per heavy atom. The predicted octanol–water partition coefficient (Wildman–Crippen LogP) is 1.21. The molecule has 172 valence electrons. The van der Waals surface area contributed by atoms with Gasteiger partial charge in [0.2, 0.25) is 15.9 Å². The van der Waals surface area contributed by atoms with Crippen LogP contribution in [0.4, 0.5) is 5.82 Å². The highest BCUT2D eigenvalue weighted by Crippen LogP contribution is 2.23. The quantitative estimate of drug-likeness (QED) is 0.450. The van der Waals surface area contributed by atoms with Crippen molar-refractivity contribution in [2.45, 2.75) is 17.7 Å². The largest absolute Gasteiger partial charge is 0.379 e. The van der Waals surface area contributed by atoms with E-state index in [1.807, 2.05) is 11.6 Å². The summed E-state index contributed by atoms with van der Waals surface area (Å²) < 4.78 is 36.0. The fourth-order valence-corrected chi connectivity index (χ4v) is 5.34. The SMILES string of the molecule is Cn1c(CCC(=O)Nc2ccnc3ccnn23)nc2cc(S(=O)(=O)N3CCOCC3)ccc21. The molecule has 1 aliphatic heterocycles. The topological polar surface area (TPSA) is 124 Å². The molecular weight excluding hydrogens is 446 g/mol. The van der Waals surface area contributed by atoms with Gasteiger partial charge >= 0.3 is 0 Å². The maximum atomic E-state index is 13.0. The first-order valence-electron chi connectivity index (χ1n) is 10.6. The average molecular weight is 470 g/mol. The number of ether oxygens (including phenoxy) is 1. The first-order valence-corrected chi connectivity index (χ1v) is 12.0. The fraction of sp³-hybridized carbons (Fsp3) is 0.333. The predicted molar refractivity (Wildman–Crippen MR) is 120 cm³/mol. The second-order valence-corrected chi connectivity index (χ2v) is 9.67. The van der Waals surface area contributed by atoms with Crippen LogP contribution >= 0.6 is 0 Å². The van der Waals surface area contributed by atoms with Crippen molar-refractivity contribution in [3.05, 3.63) is 48.5 Å². The standard InChI is InChI=1S/C21H23N7O4S/c1-26-17-3-2-15(33(30,31)27-10-12-32-13-11-27)14-16(17)24-19(26)4-5-21(29)25-20-6-8-22-18-7-9-23-28(18)20/h2-3,6-9,14H,4-5,10-13H2,1H3,(H,25,29). The molecule has 1 amide bonds. The van der Waals surface area contributed by atoms with Crippen LogP contribution < -0.4 is 5.32 Å². The highest BCUT2D eigenvalue weighted by Gasteiger charge is 2.27. The Morgan fingerprint density at radius 1 is 1.15 bits per heavy atom. The molecular formula is C21H23N7O4S. The van der Waals surface area contributed by atoms with Crippen LogP contribution in [0.1, 0.15) is 12.2 Å². The van der Waals surface area contributed by atoms with E-state index in [0.29, 0.717) is 55.5 Å². The van der Waals surface area contributed by atoms with E-state index in [1.54, 1.807) is 47.2 Å². The summed E-state index contributed by atoms with van der Waals surface area (Å²) in [4.78, 5) is 21.5.